The van der Waals surface area contributed by atoms with Crippen LogP contribution in [0.25, 0.3) is 22.1 Å². The number of nitrogens with two attached hydrogens (primary N) is 1. The quantitative estimate of drug-likeness (QED) is 0.120. The lowest BCUT2D eigenvalue weighted by Gasteiger charge is -2.30. The van der Waals surface area contributed by atoms with E-state index in [1.807, 2.05) is 71.9 Å². The average molecular weight is 734 g/mol. The molecule has 1 fully saturated rings. The zero-order valence-corrected chi connectivity index (χ0v) is 31.0. The zero-order valence-electron chi connectivity index (χ0n) is 31.0. The summed E-state index contributed by atoms with van der Waals surface area (Å²) in [5.74, 6) is -0.325. The fraction of sp³-hybridized carbons (Fsp3) is 0.368. The van der Waals surface area contributed by atoms with Crippen molar-refractivity contribution in [3.8, 4) is 0 Å². The minimum atomic E-state index is -0.572. The van der Waals surface area contributed by atoms with Gasteiger partial charge in [-0.25, -0.2) is 9.97 Å². The molecule has 0 aliphatic carbocycles. The highest BCUT2D eigenvalue weighted by molar-refractivity contribution is 6.03. The van der Waals surface area contributed by atoms with Crippen LogP contribution < -0.4 is 16.1 Å². The Morgan fingerprint density at radius 3 is 2.39 bits per heavy atom. The molecule has 1 aliphatic heterocycles. The van der Waals surface area contributed by atoms with Gasteiger partial charge in [-0.05, 0) is 69.7 Å². The van der Waals surface area contributed by atoms with E-state index in [1.54, 1.807) is 28.9 Å². The maximum absolute atomic E-state index is 14.0. The number of anilines is 2. The first-order chi connectivity index (χ1) is 26.1. The number of nitrogens with one attached hydrogen (secondary N) is 1. The van der Waals surface area contributed by atoms with Gasteiger partial charge in [0.05, 0.1) is 58.9 Å². The van der Waals surface area contributed by atoms with Gasteiger partial charge < -0.3 is 29.9 Å². The van der Waals surface area contributed by atoms with E-state index in [4.69, 9.17) is 15.5 Å². The molecule has 16 nitrogen and oxygen atoms in total. The smallest absolute Gasteiger partial charge is 0.276 e. The highest BCUT2D eigenvalue weighted by Crippen LogP contribution is 2.28. The van der Waals surface area contributed by atoms with Crippen molar-refractivity contribution >= 4 is 45.8 Å². The molecule has 0 radical (unpaired) electrons. The first-order valence-electron chi connectivity index (χ1n) is 18.2. The topological polar surface area (TPSA) is 182 Å². The van der Waals surface area contributed by atoms with Crippen molar-refractivity contribution in [2.75, 3.05) is 36.7 Å². The molecule has 0 spiro atoms. The Kier molecular flexibility index (Phi) is 10.6. The molecule has 0 saturated carbocycles. The fourth-order valence-electron chi connectivity index (χ4n) is 7.01. The zero-order chi connectivity index (χ0) is 37.9. The van der Waals surface area contributed by atoms with E-state index in [0.29, 0.717) is 80.1 Å². The number of hydrogen-bond donors (Lipinski definition) is 2. The maximum atomic E-state index is 14.0. The third kappa shape index (κ3) is 7.48. The summed E-state index contributed by atoms with van der Waals surface area (Å²) in [4.78, 5) is 37.4. The molecule has 0 atom stereocenters. The van der Waals surface area contributed by atoms with Gasteiger partial charge in [0.25, 0.3) is 5.91 Å². The van der Waals surface area contributed by atoms with Crippen LogP contribution in [0.4, 0.5) is 11.9 Å². The number of morpholine rings is 1. The summed E-state index contributed by atoms with van der Waals surface area (Å²) in [5, 5.41) is 26.8. The number of imidazole rings is 2. The summed E-state index contributed by atoms with van der Waals surface area (Å²) in [6.45, 7) is 13.3. The Balaban J connectivity index is 1.22. The Morgan fingerprint density at radius 2 is 1.65 bits per heavy atom. The second-order valence-corrected chi connectivity index (χ2v) is 13.4. The lowest BCUT2D eigenvalue weighted by atomic mass is 10.1. The minimum Gasteiger partial charge on any atom is -0.756 e. The molecule has 282 valence electrons. The number of rotatable bonds is 14. The number of ether oxygens (including phenoxy) is 1. The number of aryl methyl sites for hydroxylation is 4. The number of aromatic nitrogens is 8. The first kappa shape index (κ1) is 36.5. The Morgan fingerprint density at radius 1 is 0.926 bits per heavy atom. The maximum Gasteiger partial charge on any atom is 0.276 e. The van der Waals surface area contributed by atoms with Crippen molar-refractivity contribution in [2.24, 2.45) is 5.73 Å². The fourth-order valence-corrected chi connectivity index (χ4v) is 7.01. The van der Waals surface area contributed by atoms with Crippen LogP contribution in [0, 0.1) is 19.1 Å². The number of benzene rings is 2. The van der Waals surface area contributed by atoms with Crippen molar-refractivity contribution < 1.29 is 14.3 Å². The van der Waals surface area contributed by atoms with E-state index in [-0.39, 0.29) is 12.5 Å². The monoisotopic (exact) mass is 733 g/mol. The Labute approximate surface area is 312 Å². The van der Waals surface area contributed by atoms with Crippen LogP contribution in [0.15, 0.2) is 60.7 Å². The van der Waals surface area contributed by atoms with Crippen molar-refractivity contribution in [3.05, 3.63) is 99.8 Å². The Hall–Kier alpha value is -5.84. The molecule has 2 amide bonds. The molecule has 4 aromatic heterocycles. The molecular weight excluding hydrogens is 688 g/mol. The molecule has 1 saturated heterocycles. The highest BCUT2D eigenvalue weighted by Gasteiger charge is 2.21. The van der Waals surface area contributed by atoms with Gasteiger partial charge in [0.15, 0.2) is 5.95 Å². The van der Waals surface area contributed by atoms with E-state index in [2.05, 4.69) is 31.5 Å². The number of carbonyl (C=O) groups is 2. The molecule has 5 heterocycles. The summed E-state index contributed by atoms with van der Waals surface area (Å²) in [6.07, 6.45) is 3.94. The predicted molar refractivity (Wildman–Crippen MR) is 206 cm³/mol. The number of para-hydroxylation sites is 1. The number of carbonyl (C=O) groups excluding carboxylic acids is 2. The van der Waals surface area contributed by atoms with E-state index >= 15 is 0 Å². The van der Waals surface area contributed by atoms with Gasteiger partial charge in [0.1, 0.15) is 5.69 Å². The number of primary amides is 1. The van der Waals surface area contributed by atoms with Crippen molar-refractivity contribution in [3.63, 3.8) is 0 Å². The van der Waals surface area contributed by atoms with E-state index in [9.17, 15) is 14.8 Å². The lowest BCUT2D eigenvalue weighted by Crippen LogP contribution is -2.35. The average Bonchev–Trinajstić information content (AvgIpc) is 3.92. The molecule has 54 heavy (non-hydrogen) atoms. The van der Waals surface area contributed by atoms with Gasteiger partial charge in [0, 0.05) is 51.4 Å². The molecule has 0 unspecified atom stereocenters. The number of nitrogens with zero attached hydrogens (tertiary/aromatic N) is 10. The second kappa shape index (κ2) is 15.6. The van der Waals surface area contributed by atoms with Crippen molar-refractivity contribution in [1.82, 2.24) is 43.6 Å². The van der Waals surface area contributed by atoms with Gasteiger partial charge in [-0.15, -0.1) is 0 Å². The van der Waals surface area contributed by atoms with Crippen LogP contribution in [-0.4, -0.2) is 81.7 Å². The van der Waals surface area contributed by atoms with Crippen molar-refractivity contribution in [1.29, 1.82) is 0 Å². The molecule has 3 N–H and O–H groups in total. The highest BCUT2D eigenvalue weighted by atomic mass is 16.5. The third-order valence-corrected chi connectivity index (χ3v) is 9.58. The molecule has 6 aromatic rings. The summed E-state index contributed by atoms with van der Waals surface area (Å²) < 4.78 is 12.9. The van der Waals surface area contributed by atoms with Crippen molar-refractivity contribution in [2.45, 2.75) is 67.0 Å². The lowest BCUT2D eigenvalue weighted by molar-refractivity contribution is 0.0343. The van der Waals surface area contributed by atoms with E-state index in [1.165, 1.54) is 0 Å². The number of fused-ring (bicyclic) bond motifs is 2. The molecule has 0 bridgehead atoms. The summed E-state index contributed by atoms with van der Waals surface area (Å²) >= 11 is 0. The minimum absolute atomic E-state index is 0.0916. The van der Waals surface area contributed by atoms with Gasteiger partial charge in [-0.3, -0.25) is 29.2 Å². The molecule has 2 aromatic carbocycles. The largest absolute Gasteiger partial charge is 0.756 e. The number of allylic oxidation sites excluding steroid dienone is 2. The predicted octanol–water partition coefficient (Wildman–Crippen LogP) is 4.38. The van der Waals surface area contributed by atoms with E-state index in [0.717, 1.165) is 51.8 Å². The van der Waals surface area contributed by atoms with Gasteiger partial charge >= 0.3 is 0 Å². The first-order valence-corrected chi connectivity index (χ1v) is 18.2. The SMILES string of the molecule is CCn1nc(C)cc1CN([O-])c1nc2cccc(CN3CCOCC3)c2n1C/C=C/Cn1c(NC(=O)c2cc(C)nn2CC)nc2cc(C(N)=O)ccc21. The van der Waals surface area contributed by atoms with Crippen LogP contribution in [0.1, 0.15) is 57.3 Å². The van der Waals surface area contributed by atoms with Crippen LogP contribution in [-0.2, 0) is 44.0 Å². The number of amides is 2. The molecular formula is C38H45N12O4-. The molecule has 16 heteroatoms. The van der Waals surface area contributed by atoms with Gasteiger partial charge in [-0.2, -0.15) is 10.2 Å². The van der Waals surface area contributed by atoms with E-state index < -0.39 is 5.91 Å². The molecule has 1 aliphatic rings. The van der Waals surface area contributed by atoms with Gasteiger partial charge in [0.2, 0.25) is 11.9 Å². The number of hydrogen-bond acceptors (Lipinski definition) is 10. The normalized spacial score (nSPS) is 13.8. The Bertz CT molecular complexity index is 2340. The van der Waals surface area contributed by atoms with Crippen LogP contribution in [0.5, 0.6) is 0 Å². The summed E-state index contributed by atoms with van der Waals surface area (Å²) in [6, 6.07) is 14.7. The van der Waals surface area contributed by atoms with Gasteiger partial charge in [-0.1, -0.05) is 24.3 Å². The van der Waals surface area contributed by atoms with Crippen LogP contribution in [0.3, 0.4) is 0 Å². The number of hydroxylamine groups is 1. The summed E-state index contributed by atoms with van der Waals surface area (Å²) in [7, 11) is 0. The summed E-state index contributed by atoms with van der Waals surface area (Å²) in [5.41, 5.74) is 12.6. The second-order valence-electron chi connectivity index (χ2n) is 13.4. The molecule has 7 rings (SSSR count). The standard InChI is InChI=1S/C38H45N12O4/c1-5-48-29(20-25(3)43-48)24-50(53)38-41-30-11-9-10-28(23-45-16-18-54-19-17-45)34(30)47(38)15-8-7-14-46-32-13-12-27(35(39)51)22-31(32)40-37(46)42-36(52)33-21-26(4)44-49(33)6-2/h7-13,20-22H,5-6,14-19,23-24H2,1-4H3,(H2,39,51)(H,40,42,52)/q-1/b8-7+. The van der Waals surface area contributed by atoms with Crippen LogP contribution >= 0.6 is 0 Å². The van der Waals surface area contributed by atoms with Crippen LogP contribution in [0.2, 0.25) is 0 Å². The third-order valence-electron chi connectivity index (χ3n) is 9.58.